The van der Waals surface area contributed by atoms with E-state index in [1.54, 1.807) is 6.07 Å². The van der Waals surface area contributed by atoms with Crippen molar-refractivity contribution >= 4 is 17.5 Å². The number of carbonyl (C=O) groups is 2. The lowest BCUT2D eigenvalue weighted by molar-refractivity contribution is -0.120. The molecule has 34 heavy (non-hydrogen) atoms. The number of nitrogens with one attached hydrogen (secondary N) is 1. The molecule has 5 rings (SSSR count). The number of hydrogen-bond donors (Lipinski definition) is 2. The zero-order valence-electron chi connectivity index (χ0n) is 21.0. The first-order chi connectivity index (χ1) is 16.4. The minimum Gasteiger partial charge on any atom is -0.366 e. The van der Waals surface area contributed by atoms with Crippen molar-refractivity contribution in [3.8, 4) is 0 Å². The van der Waals surface area contributed by atoms with E-state index in [9.17, 15) is 9.59 Å². The smallest absolute Gasteiger partial charge is 0.248 e. The van der Waals surface area contributed by atoms with E-state index in [1.165, 1.54) is 25.7 Å². The summed E-state index contributed by atoms with van der Waals surface area (Å²) in [6.07, 6.45) is 9.41. The summed E-state index contributed by atoms with van der Waals surface area (Å²) < 4.78 is 0. The van der Waals surface area contributed by atoms with E-state index in [1.807, 2.05) is 12.1 Å². The number of nitrogens with zero attached hydrogens (tertiary/aromatic N) is 2. The van der Waals surface area contributed by atoms with Crippen LogP contribution in [0.15, 0.2) is 18.2 Å². The molecule has 2 saturated heterocycles. The largest absolute Gasteiger partial charge is 0.366 e. The van der Waals surface area contributed by atoms with Crippen molar-refractivity contribution in [1.29, 1.82) is 0 Å². The van der Waals surface area contributed by atoms with Crippen LogP contribution in [0.2, 0.25) is 0 Å². The number of hydrogen-bond acceptors (Lipinski definition) is 4. The second-order valence-corrected chi connectivity index (χ2v) is 11.6. The Bertz CT molecular complexity index is 894. The molecule has 1 saturated carbocycles. The summed E-state index contributed by atoms with van der Waals surface area (Å²) >= 11 is 0. The van der Waals surface area contributed by atoms with E-state index in [0.29, 0.717) is 11.5 Å². The molecule has 2 amide bonds. The number of anilines is 1. The summed E-state index contributed by atoms with van der Waals surface area (Å²) in [4.78, 5) is 30.5. The molecule has 0 radical (unpaired) electrons. The molecule has 6 heteroatoms. The normalized spacial score (nSPS) is 30.8. The number of primary amides is 1. The van der Waals surface area contributed by atoms with Gasteiger partial charge in [-0.15, -0.1) is 0 Å². The molecule has 0 bridgehead atoms. The fraction of sp³-hybridized carbons (Fsp3) is 0.714. The zero-order valence-corrected chi connectivity index (χ0v) is 21.0. The lowest BCUT2D eigenvalue weighted by Gasteiger charge is -2.43. The van der Waals surface area contributed by atoms with Crippen LogP contribution in [0.1, 0.15) is 87.1 Å². The number of likely N-dealkylation sites (tertiary alicyclic amines) is 1. The Hall–Kier alpha value is -1.92. The lowest BCUT2D eigenvalue weighted by Crippen LogP contribution is -2.50. The Morgan fingerprint density at radius 3 is 2.41 bits per heavy atom. The van der Waals surface area contributed by atoms with Crippen molar-refractivity contribution in [3.63, 3.8) is 0 Å². The standard InChI is InChI=1S/C28H42N4O2/c1-18(2)20-3-6-22(7-4-20)31-13-10-23(11-14-31)32-26-8-5-21(27(29)33)16-24(26)25(28(32)34)15-19-9-12-30-17-19/h5,8,16,18-20,22-23,25,30H,3-4,6-7,9-15,17H2,1-2H3,(H2,29,33). The van der Waals surface area contributed by atoms with Crippen molar-refractivity contribution in [2.45, 2.75) is 83.2 Å². The van der Waals surface area contributed by atoms with E-state index in [2.05, 4.69) is 29.0 Å². The molecule has 1 aromatic carbocycles. The molecule has 3 aliphatic heterocycles. The van der Waals surface area contributed by atoms with Gasteiger partial charge in [-0.1, -0.05) is 13.8 Å². The molecule has 0 aromatic heterocycles. The van der Waals surface area contributed by atoms with Crippen LogP contribution >= 0.6 is 0 Å². The zero-order chi connectivity index (χ0) is 23.8. The van der Waals surface area contributed by atoms with Gasteiger partial charge in [0.25, 0.3) is 0 Å². The quantitative estimate of drug-likeness (QED) is 0.667. The number of carbonyl (C=O) groups excluding carboxylic acids is 2. The molecule has 3 heterocycles. The van der Waals surface area contributed by atoms with Crippen LogP contribution in [0.25, 0.3) is 0 Å². The van der Waals surface area contributed by atoms with Gasteiger partial charge in [0.1, 0.15) is 0 Å². The molecule has 0 spiro atoms. The maximum absolute atomic E-state index is 13.8. The van der Waals surface area contributed by atoms with Crippen molar-refractivity contribution in [1.82, 2.24) is 10.2 Å². The van der Waals surface area contributed by atoms with E-state index >= 15 is 0 Å². The summed E-state index contributed by atoms with van der Waals surface area (Å²) in [5.74, 6) is 1.88. The molecule has 186 valence electrons. The average molecular weight is 467 g/mol. The minimum atomic E-state index is -0.421. The fourth-order valence-corrected chi connectivity index (χ4v) is 7.12. The van der Waals surface area contributed by atoms with Gasteiger partial charge in [0.15, 0.2) is 0 Å². The molecule has 4 aliphatic rings. The van der Waals surface area contributed by atoms with Crippen LogP contribution in [0.5, 0.6) is 0 Å². The van der Waals surface area contributed by atoms with Crippen LogP contribution in [-0.2, 0) is 4.79 Å². The molecule has 3 fully saturated rings. The van der Waals surface area contributed by atoms with Crippen molar-refractivity contribution in [2.24, 2.45) is 23.5 Å². The molecule has 2 atom stereocenters. The summed E-state index contributed by atoms with van der Waals surface area (Å²) in [6, 6.07) is 6.63. The van der Waals surface area contributed by atoms with E-state index < -0.39 is 5.91 Å². The molecular weight excluding hydrogens is 424 g/mol. The summed E-state index contributed by atoms with van der Waals surface area (Å²) in [6.45, 7) is 8.90. The highest BCUT2D eigenvalue weighted by Gasteiger charge is 2.43. The monoisotopic (exact) mass is 466 g/mol. The van der Waals surface area contributed by atoms with Crippen LogP contribution in [0.4, 0.5) is 5.69 Å². The number of rotatable bonds is 6. The number of piperidine rings is 1. The third kappa shape index (κ3) is 4.64. The molecule has 1 aromatic rings. The van der Waals surface area contributed by atoms with Gasteiger partial charge in [0, 0.05) is 36.4 Å². The summed E-state index contributed by atoms with van der Waals surface area (Å²) in [5.41, 5.74) is 8.13. The van der Waals surface area contributed by atoms with Crippen molar-refractivity contribution in [3.05, 3.63) is 29.3 Å². The van der Waals surface area contributed by atoms with Crippen molar-refractivity contribution in [2.75, 3.05) is 31.1 Å². The first-order valence-electron chi connectivity index (χ1n) is 13.6. The van der Waals surface area contributed by atoms with Gasteiger partial charge in [-0.3, -0.25) is 9.59 Å². The summed E-state index contributed by atoms with van der Waals surface area (Å²) in [5, 5.41) is 3.43. The first-order valence-corrected chi connectivity index (χ1v) is 13.6. The highest BCUT2D eigenvalue weighted by molar-refractivity contribution is 6.06. The fourth-order valence-electron chi connectivity index (χ4n) is 7.12. The van der Waals surface area contributed by atoms with Crippen LogP contribution in [-0.4, -0.2) is 55.0 Å². The van der Waals surface area contributed by atoms with Gasteiger partial charge < -0.3 is 20.9 Å². The second-order valence-electron chi connectivity index (χ2n) is 11.6. The maximum atomic E-state index is 13.8. The number of nitrogens with two attached hydrogens (primary N) is 1. The van der Waals surface area contributed by atoms with E-state index in [-0.39, 0.29) is 17.9 Å². The highest BCUT2D eigenvalue weighted by atomic mass is 16.2. The Labute approximate surface area is 204 Å². The molecule has 6 nitrogen and oxygen atoms in total. The number of benzene rings is 1. The number of amides is 2. The van der Waals surface area contributed by atoms with E-state index in [0.717, 1.165) is 81.0 Å². The van der Waals surface area contributed by atoms with Gasteiger partial charge in [-0.05, 0) is 106 Å². The minimum absolute atomic E-state index is 0.149. The topological polar surface area (TPSA) is 78.7 Å². The molecule has 2 unspecified atom stereocenters. The molecular formula is C28H42N4O2. The highest BCUT2D eigenvalue weighted by Crippen LogP contribution is 2.44. The van der Waals surface area contributed by atoms with Gasteiger partial charge >= 0.3 is 0 Å². The van der Waals surface area contributed by atoms with Gasteiger partial charge in [-0.25, -0.2) is 0 Å². The predicted octanol–water partition coefficient (Wildman–Crippen LogP) is 3.89. The summed E-state index contributed by atoms with van der Waals surface area (Å²) in [7, 11) is 0. The molecule has 1 aliphatic carbocycles. The van der Waals surface area contributed by atoms with Crippen LogP contribution in [0, 0.1) is 17.8 Å². The Morgan fingerprint density at radius 1 is 1.06 bits per heavy atom. The average Bonchev–Trinajstić information content (AvgIpc) is 3.45. The number of fused-ring (bicyclic) bond motifs is 1. The maximum Gasteiger partial charge on any atom is 0.248 e. The third-order valence-electron chi connectivity index (χ3n) is 9.28. The van der Waals surface area contributed by atoms with Gasteiger partial charge in [0.05, 0.1) is 5.92 Å². The Kier molecular flexibility index (Phi) is 6.99. The van der Waals surface area contributed by atoms with Crippen molar-refractivity contribution < 1.29 is 9.59 Å². The Balaban J connectivity index is 1.28. The van der Waals surface area contributed by atoms with Gasteiger partial charge in [0.2, 0.25) is 11.8 Å². The molecule has 3 N–H and O–H groups in total. The van der Waals surface area contributed by atoms with Crippen LogP contribution in [0.3, 0.4) is 0 Å². The SMILES string of the molecule is CC(C)C1CCC(N2CCC(N3C(=O)C(CC4CCNC4)c4cc(C(N)=O)ccc43)CC2)CC1. The second kappa shape index (κ2) is 9.98. The van der Waals surface area contributed by atoms with Crippen LogP contribution < -0.4 is 16.0 Å². The first kappa shape index (κ1) is 23.8. The Morgan fingerprint density at radius 2 is 1.79 bits per heavy atom. The van der Waals surface area contributed by atoms with E-state index in [4.69, 9.17) is 5.73 Å². The van der Waals surface area contributed by atoms with Gasteiger partial charge in [-0.2, -0.15) is 0 Å². The lowest BCUT2D eigenvalue weighted by atomic mass is 9.79. The third-order valence-corrected chi connectivity index (χ3v) is 9.28. The predicted molar refractivity (Wildman–Crippen MR) is 136 cm³/mol.